The van der Waals surface area contributed by atoms with Crippen molar-refractivity contribution in [1.82, 2.24) is 4.90 Å². The van der Waals surface area contributed by atoms with E-state index in [2.05, 4.69) is 0 Å². The fourth-order valence-electron chi connectivity index (χ4n) is 1.30. The first kappa shape index (κ1) is 11.8. The molecule has 1 amide bonds. The zero-order valence-corrected chi connectivity index (χ0v) is 9.62. The molecule has 0 bridgehead atoms. The van der Waals surface area contributed by atoms with E-state index in [1.54, 1.807) is 4.90 Å². The van der Waals surface area contributed by atoms with E-state index in [1.165, 1.54) is 0 Å². The van der Waals surface area contributed by atoms with Crippen molar-refractivity contribution in [2.45, 2.75) is 51.7 Å². The largest absolute Gasteiger partial charge is 0.444 e. The van der Waals surface area contributed by atoms with Crippen LogP contribution in [-0.2, 0) is 4.74 Å². The van der Waals surface area contributed by atoms with Gasteiger partial charge in [-0.3, -0.25) is 0 Å². The number of nitriles is 1. The molecule has 4 heteroatoms. The molecule has 0 saturated heterocycles. The third-order valence-corrected chi connectivity index (χ3v) is 2.08. The Hall–Kier alpha value is -1.24. The summed E-state index contributed by atoms with van der Waals surface area (Å²) in [7, 11) is 0. The minimum absolute atomic E-state index is 0.291. The summed E-state index contributed by atoms with van der Waals surface area (Å²) in [5.74, 6) is 0. The van der Waals surface area contributed by atoms with E-state index in [0.717, 1.165) is 12.8 Å². The molecule has 1 rings (SSSR count). The fraction of sp³-hybridized carbons (Fsp3) is 0.818. The first-order valence-corrected chi connectivity index (χ1v) is 5.30. The summed E-state index contributed by atoms with van der Waals surface area (Å²) in [6.45, 7) is 6.02. The van der Waals surface area contributed by atoms with Gasteiger partial charge in [0.05, 0.1) is 12.5 Å². The second kappa shape index (κ2) is 4.52. The van der Waals surface area contributed by atoms with Crippen LogP contribution in [-0.4, -0.2) is 29.2 Å². The van der Waals surface area contributed by atoms with Crippen molar-refractivity contribution in [2.24, 2.45) is 0 Å². The topological polar surface area (TPSA) is 53.3 Å². The predicted molar refractivity (Wildman–Crippen MR) is 56.2 cm³/mol. The van der Waals surface area contributed by atoms with E-state index in [4.69, 9.17) is 10.00 Å². The summed E-state index contributed by atoms with van der Waals surface area (Å²) >= 11 is 0. The highest BCUT2D eigenvalue weighted by Crippen LogP contribution is 2.28. The Morgan fingerprint density at radius 1 is 1.53 bits per heavy atom. The Morgan fingerprint density at radius 2 is 2.13 bits per heavy atom. The Bertz CT molecular complexity index is 271. The molecule has 0 atom stereocenters. The van der Waals surface area contributed by atoms with Gasteiger partial charge in [0.15, 0.2) is 0 Å². The molecular weight excluding hydrogens is 192 g/mol. The van der Waals surface area contributed by atoms with Crippen LogP contribution in [0.15, 0.2) is 0 Å². The summed E-state index contributed by atoms with van der Waals surface area (Å²) in [5, 5.41) is 8.50. The summed E-state index contributed by atoms with van der Waals surface area (Å²) < 4.78 is 5.28. The van der Waals surface area contributed by atoms with Crippen molar-refractivity contribution in [3.05, 3.63) is 0 Å². The predicted octanol–water partition coefficient (Wildman–Crippen LogP) is 2.30. The van der Waals surface area contributed by atoms with E-state index < -0.39 is 5.60 Å². The summed E-state index contributed by atoms with van der Waals surface area (Å²) in [5.41, 5.74) is -0.461. The number of carbonyl (C=O) groups excluding carboxylic acids is 1. The van der Waals surface area contributed by atoms with E-state index in [-0.39, 0.29) is 6.09 Å². The lowest BCUT2D eigenvalue weighted by atomic mass is 10.2. The highest BCUT2D eigenvalue weighted by Gasteiger charge is 2.34. The molecule has 0 spiro atoms. The van der Waals surface area contributed by atoms with Gasteiger partial charge in [0.25, 0.3) is 0 Å². The number of hydrogen-bond donors (Lipinski definition) is 0. The van der Waals surface area contributed by atoms with Crippen molar-refractivity contribution in [1.29, 1.82) is 5.26 Å². The highest BCUT2D eigenvalue weighted by atomic mass is 16.6. The van der Waals surface area contributed by atoms with Crippen molar-refractivity contribution < 1.29 is 9.53 Å². The molecule has 0 aromatic rings. The van der Waals surface area contributed by atoms with Crippen LogP contribution < -0.4 is 0 Å². The van der Waals surface area contributed by atoms with Gasteiger partial charge in [-0.25, -0.2) is 4.79 Å². The molecule has 15 heavy (non-hydrogen) atoms. The molecular formula is C11H18N2O2. The van der Waals surface area contributed by atoms with E-state index >= 15 is 0 Å². The van der Waals surface area contributed by atoms with Gasteiger partial charge in [0, 0.05) is 12.6 Å². The van der Waals surface area contributed by atoms with E-state index in [0.29, 0.717) is 19.0 Å². The van der Waals surface area contributed by atoms with Crippen molar-refractivity contribution in [2.75, 3.05) is 6.54 Å². The van der Waals surface area contributed by atoms with Crippen LogP contribution in [0.5, 0.6) is 0 Å². The lowest BCUT2D eigenvalue weighted by molar-refractivity contribution is 0.0238. The smallest absolute Gasteiger partial charge is 0.410 e. The SMILES string of the molecule is CC(C)(C)OC(=O)N(CCC#N)C1CC1. The number of rotatable bonds is 3. The Labute approximate surface area is 90.8 Å². The second-order valence-electron chi connectivity index (χ2n) is 4.81. The molecule has 1 fully saturated rings. The van der Waals surface area contributed by atoms with Gasteiger partial charge in [-0.15, -0.1) is 0 Å². The van der Waals surface area contributed by atoms with Crippen molar-refractivity contribution in [3.63, 3.8) is 0 Å². The van der Waals surface area contributed by atoms with Crippen LogP contribution >= 0.6 is 0 Å². The Morgan fingerprint density at radius 3 is 2.53 bits per heavy atom. The molecule has 0 unspecified atom stereocenters. The summed E-state index contributed by atoms with van der Waals surface area (Å²) in [4.78, 5) is 13.4. The first-order valence-electron chi connectivity index (χ1n) is 5.30. The molecule has 0 heterocycles. The normalized spacial score (nSPS) is 15.6. The Kier molecular flexibility index (Phi) is 3.57. The standard InChI is InChI=1S/C11H18N2O2/c1-11(2,3)15-10(14)13(8-4-7-12)9-5-6-9/h9H,4-6,8H2,1-3H3. The average Bonchev–Trinajstić information content (AvgIpc) is 2.85. The van der Waals surface area contributed by atoms with Crippen LogP contribution in [0.25, 0.3) is 0 Å². The number of ether oxygens (including phenoxy) is 1. The van der Waals surface area contributed by atoms with Gasteiger partial charge < -0.3 is 9.64 Å². The van der Waals surface area contributed by atoms with Crippen LogP contribution in [0.2, 0.25) is 0 Å². The number of hydrogen-bond acceptors (Lipinski definition) is 3. The maximum atomic E-state index is 11.7. The fourth-order valence-corrected chi connectivity index (χ4v) is 1.30. The lowest BCUT2D eigenvalue weighted by Crippen LogP contribution is -2.38. The third-order valence-electron chi connectivity index (χ3n) is 2.08. The van der Waals surface area contributed by atoms with Gasteiger partial charge in [-0.1, -0.05) is 0 Å². The average molecular weight is 210 g/mol. The highest BCUT2D eigenvalue weighted by molar-refractivity contribution is 5.69. The molecule has 4 nitrogen and oxygen atoms in total. The molecule has 0 aromatic heterocycles. The maximum Gasteiger partial charge on any atom is 0.410 e. The third kappa shape index (κ3) is 4.20. The molecule has 0 radical (unpaired) electrons. The molecule has 0 N–H and O–H groups in total. The number of amides is 1. The quantitative estimate of drug-likeness (QED) is 0.718. The van der Waals surface area contributed by atoms with Gasteiger partial charge in [0.1, 0.15) is 5.60 Å². The van der Waals surface area contributed by atoms with E-state index in [1.807, 2.05) is 26.8 Å². The molecule has 0 aliphatic heterocycles. The monoisotopic (exact) mass is 210 g/mol. The van der Waals surface area contributed by atoms with Crippen LogP contribution in [0.1, 0.15) is 40.0 Å². The Balaban J connectivity index is 2.48. The van der Waals surface area contributed by atoms with E-state index in [9.17, 15) is 4.79 Å². The molecule has 84 valence electrons. The first-order chi connectivity index (χ1) is 6.94. The van der Waals surface area contributed by atoms with Gasteiger partial charge in [-0.2, -0.15) is 5.26 Å². The zero-order valence-electron chi connectivity index (χ0n) is 9.62. The van der Waals surface area contributed by atoms with Gasteiger partial charge in [-0.05, 0) is 33.6 Å². The minimum Gasteiger partial charge on any atom is -0.444 e. The number of carbonyl (C=O) groups is 1. The second-order valence-corrected chi connectivity index (χ2v) is 4.81. The van der Waals surface area contributed by atoms with Crippen LogP contribution in [0.4, 0.5) is 4.79 Å². The lowest BCUT2D eigenvalue weighted by Gasteiger charge is -2.26. The summed E-state index contributed by atoms with van der Waals surface area (Å²) in [6.07, 6.45) is 2.14. The molecule has 1 aliphatic carbocycles. The van der Waals surface area contributed by atoms with Gasteiger partial charge in [0.2, 0.25) is 0 Å². The maximum absolute atomic E-state index is 11.7. The summed E-state index contributed by atoms with van der Waals surface area (Å²) in [6, 6.07) is 2.35. The van der Waals surface area contributed by atoms with Crippen LogP contribution in [0.3, 0.4) is 0 Å². The zero-order chi connectivity index (χ0) is 11.5. The minimum atomic E-state index is -0.461. The molecule has 1 aliphatic rings. The molecule has 0 aromatic carbocycles. The van der Waals surface area contributed by atoms with Crippen molar-refractivity contribution >= 4 is 6.09 Å². The number of nitrogens with zero attached hydrogens (tertiary/aromatic N) is 2. The van der Waals surface area contributed by atoms with Crippen molar-refractivity contribution in [3.8, 4) is 6.07 Å². The van der Waals surface area contributed by atoms with Crippen LogP contribution in [0, 0.1) is 11.3 Å². The van der Waals surface area contributed by atoms with Gasteiger partial charge >= 0.3 is 6.09 Å². The molecule has 1 saturated carbocycles.